The van der Waals surface area contributed by atoms with E-state index < -0.39 is 0 Å². The first-order valence-electron chi connectivity index (χ1n) is 8.89. The van der Waals surface area contributed by atoms with Crippen LogP contribution in [0.1, 0.15) is 24.8 Å². The summed E-state index contributed by atoms with van der Waals surface area (Å²) >= 11 is 0. The summed E-state index contributed by atoms with van der Waals surface area (Å²) in [5, 5.41) is 2.76. The fourth-order valence-corrected chi connectivity index (χ4v) is 3.49. The van der Waals surface area contributed by atoms with Gasteiger partial charge in [0.25, 0.3) is 0 Å². The third kappa shape index (κ3) is 4.57. The number of rotatable bonds is 5. The van der Waals surface area contributed by atoms with Crippen molar-refractivity contribution in [2.45, 2.75) is 25.7 Å². The van der Waals surface area contributed by atoms with Gasteiger partial charge in [-0.15, -0.1) is 0 Å². The molecular formula is C19H26N2O3. The Kier molecular flexibility index (Phi) is 5.86. The van der Waals surface area contributed by atoms with Gasteiger partial charge in [0.05, 0.1) is 19.1 Å². The van der Waals surface area contributed by atoms with Gasteiger partial charge in [-0.3, -0.25) is 9.59 Å². The highest BCUT2D eigenvalue weighted by molar-refractivity contribution is 5.86. The van der Waals surface area contributed by atoms with Crippen molar-refractivity contribution in [3.63, 3.8) is 0 Å². The topological polar surface area (TPSA) is 58.6 Å². The van der Waals surface area contributed by atoms with Gasteiger partial charge in [0.2, 0.25) is 11.8 Å². The summed E-state index contributed by atoms with van der Waals surface area (Å²) in [6, 6.07) is 10.5. The van der Waals surface area contributed by atoms with Crippen molar-refractivity contribution in [2.75, 3.05) is 32.8 Å². The predicted molar refractivity (Wildman–Crippen MR) is 91.4 cm³/mol. The number of hydrogen-bond donors (Lipinski definition) is 1. The van der Waals surface area contributed by atoms with E-state index in [0.29, 0.717) is 19.1 Å². The van der Waals surface area contributed by atoms with E-state index in [1.165, 1.54) is 5.56 Å². The minimum atomic E-state index is -0.0885. The molecule has 0 saturated carbocycles. The lowest BCUT2D eigenvalue weighted by atomic mass is 9.90. The quantitative estimate of drug-likeness (QED) is 0.892. The van der Waals surface area contributed by atoms with Crippen LogP contribution in [0.2, 0.25) is 0 Å². The molecule has 2 heterocycles. The third-order valence-electron chi connectivity index (χ3n) is 5.05. The molecule has 2 amide bonds. The molecule has 0 bridgehead atoms. The number of nitrogens with one attached hydrogen (secondary N) is 1. The van der Waals surface area contributed by atoms with Crippen LogP contribution in [0.4, 0.5) is 0 Å². The van der Waals surface area contributed by atoms with E-state index in [1.54, 1.807) is 0 Å². The van der Waals surface area contributed by atoms with Crippen LogP contribution < -0.4 is 5.32 Å². The second-order valence-corrected chi connectivity index (χ2v) is 6.79. The van der Waals surface area contributed by atoms with Crippen LogP contribution in [0.3, 0.4) is 0 Å². The van der Waals surface area contributed by atoms with Gasteiger partial charge in [-0.25, -0.2) is 0 Å². The maximum atomic E-state index is 12.3. The van der Waals surface area contributed by atoms with E-state index in [2.05, 4.69) is 29.6 Å². The highest BCUT2D eigenvalue weighted by Gasteiger charge is 2.26. The molecule has 24 heavy (non-hydrogen) atoms. The van der Waals surface area contributed by atoms with Crippen LogP contribution in [-0.2, 0) is 20.7 Å². The number of carbonyl (C=O) groups is 2. The van der Waals surface area contributed by atoms with Crippen LogP contribution in [0.15, 0.2) is 30.3 Å². The lowest BCUT2D eigenvalue weighted by molar-refractivity contribution is -0.134. The van der Waals surface area contributed by atoms with E-state index in [9.17, 15) is 9.59 Å². The average Bonchev–Trinajstić information content (AvgIpc) is 3.16. The second kappa shape index (κ2) is 8.29. The molecule has 0 aliphatic carbocycles. The van der Waals surface area contributed by atoms with Crippen molar-refractivity contribution in [1.29, 1.82) is 0 Å². The summed E-state index contributed by atoms with van der Waals surface area (Å²) in [5.41, 5.74) is 1.37. The fourth-order valence-electron chi connectivity index (χ4n) is 3.49. The van der Waals surface area contributed by atoms with Crippen molar-refractivity contribution >= 4 is 11.8 Å². The van der Waals surface area contributed by atoms with Crippen molar-refractivity contribution < 1.29 is 14.3 Å². The molecule has 3 rings (SSSR count). The molecule has 1 aromatic rings. The summed E-state index contributed by atoms with van der Waals surface area (Å²) in [7, 11) is 0. The Labute approximate surface area is 143 Å². The molecule has 2 aliphatic heterocycles. The zero-order valence-corrected chi connectivity index (χ0v) is 14.1. The van der Waals surface area contributed by atoms with Crippen LogP contribution >= 0.6 is 0 Å². The molecular weight excluding hydrogens is 304 g/mol. The maximum absolute atomic E-state index is 12.3. The highest BCUT2D eigenvalue weighted by Crippen LogP contribution is 2.21. The van der Waals surface area contributed by atoms with E-state index in [1.807, 2.05) is 11.0 Å². The molecule has 130 valence electrons. The number of piperidine rings is 1. The summed E-state index contributed by atoms with van der Waals surface area (Å²) in [5.74, 6) is 0.524. The van der Waals surface area contributed by atoms with Gasteiger partial charge in [0.1, 0.15) is 0 Å². The predicted octanol–water partition coefficient (Wildman–Crippen LogP) is 1.62. The van der Waals surface area contributed by atoms with E-state index >= 15 is 0 Å². The van der Waals surface area contributed by atoms with Gasteiger partial charge in [-0.05, 0) is 37.2 Å². The molecule has 1 N–H and O–H groups in total. The maximum Gasteiger partial charge on any atom is 0.241 e. The molecule has 0 aromatic heterocycles. The SMILES string of the molecule is O=C(NCC(=O)N1CCC(Cc2ccccc2)CC1)[C@H]1CCOC1. The lowest BCUT2D eigenvalue weighted by Crippen LogP contribution is -2.45. The highest BCUT2D eigenvalue weighted by atomic mass is 16.5. The molecule has 1 aromatic carbocycles. The Balaban J connectivity index is 1.38. The minimum Gasteiger partial charge on any atom is -0.381 e. The Morgan fingerprint density at radius 3 is 2.54 bits per heavy atom. The molecule has 0 unspecified atom stereocenters. The number of carbonyl (C=O) groups excluding carboxylic acids is 2. The van der Waals surface area contributed by atoms with Gasteiger partial charge in [0, 0.05) is 19.7 Å². The largest absolute Gasteiger partial charge is 0.381 e. The zero-order valence-electron chi connectivity index (χ0n) is 14.1. The minimum absolute atomic E-state index is 0.0282. The van der Waals surface area contributed by atoms with Gasteiger partial charge >= 0.3 is 0 Å². The summed E-state index contributed by atoms with van der Waals surface area (Å²) in [4.78, 5) is 26.1. The van der Waals surface area contributed by atoms with Gasteiger partial charge in [0.15, 0.2) is 0 Å². The normalized spacial score (nSPS) is 21.7. The monoisotopic (exact) mass is 330 g/mol. The molecule has 5 heteroatoms. The van der Waals surface area contributed by atoms with Crippen LogP contribution in [0.25, 0.3) is 0 Å². The van der Waals surface area contributed by atoms with E-state index in [4.69, 9.17) is 4.74 Å². The number of amides is 2. The van der Waals surface area contributed by atoms with Crippen LogP contribution in [-0.4, -0.2) is 49.6 Å². The molecule has 2 saturated heterocycles. The van der Waals surface area contributed by atoms with Crippen LogP contribution in [0.5, 0.6) is 0 Å². The van der Waals surface area contributed by atoms with Crippen molar-refractivity contribution in [1.82, 2.24) is 10.2 Å². The molecule has 0 radical (unpaired) electrons. The Bertz CT molecular complexity index is 547. The van der Waals surface area contributed by atoms with E-state index in [-0.39, 0.29) is 24.3 Å². The van der Waals surface area contributed by atoms with Crippen LogP contribution in [0, 0.1) is 11.8 Å². The third-order valence-corrected chi connectivity index (χ3v) is 5.05. The van der Waals surface area contributed by atoms with Crippen molar-refractivity contribution in [3.8, 4) is 0 Å². The molecule has 5 nitrogen and oxygen atoms in total. The Morgan fingerprint density at radius 1 is 1.12 bits per heavy atom. The zero-order chi connectivity index (χ0) is 16.8. The van der Waals surface area contributed by atoms with Crippen molar-refractivity contribution in [3.05, 3.63) is 35.9 Å². The standard InChI is InChI=1S/C19H26N2O3/c22-18(13-20-19(23)17-8-11-24-14-17)21-9-6-16(7-10-21)12-15-4-2-1-3-5-15/h1-5,16-17H,6-14H2,(H,20,23)/t17-/m0/s1. The Morgan fingerprint density at radius 2 is 1.88 bits per heavy atom. The average molecular weight is 330 g/mol. The number of nitrogens with zero attached hydrogens (tertiary/aromatic N) is 1. The summed E-state index contributed by atoms with van der Waals surface area (Å²) in [6.45, 7) is 2.81. The van der Waals surface area contributed by atoms with Crippen molar-refractivity contribution in [2.24, 2.45) is 11.8 Å². The first kappa shape index (κ1) is 17.0. The number of ether oxygens (including phenoxy) is 1. The van der Waals surface area contributed by atoms with Gasteiger partial charge in [-0.2, -0.15) is 0 Å². The molecule has 1 atom stereocenters. The lowest BCUT2D eigenvalue weighted by Gasteiger charge is -2.32. The first-order chi connectivity index (χ1) is 11.7. The van der Waals surface area contributed by atoms with E-state index in [0.717, 1.165) is 38.8 Å². The Hall–Kier alpha value is -1.88. The summed E-state index contributed by atoms with van der Waals surface area (Å²) in [6.07, 6.45) is 3.91. The number of likely N-dealkylation sites (tertiary alicyclic amines) is 1. The molecule has 0 spiro atoms. The number of hydrogen-bond acceptors (Lipinski definition) is 3. The summed E-state index contributed by atoms with van der Waals surface area (Å²) < 4.78 is 5.21. The number of benzene rings is 1. The first-order valence-corrected chi connectivity index (χ1v) is 8.89. The van der Waals surface area contributed by atoms with Gasteiger partial charge in [-0.1, -0.05) is 30.3 Å². The second-order valence-electron chi connectivity index (χ2n) is 6.79. The smallest absolute Gasteiger partial charge is 0.241 e. The van der Waals surface area contributed by atoms with Gasteiger partial charge < -0.3 is 15.0 Å². The molecule has 2 aliphatic rings. The molecule has 2 fully saturated rings. The fraction of sp³-hybridized carbons (Fsp3) is 0.579.